The highest BCUT2D eigenvalue weighted by Crippen LogP contribution is 2.22. The van der Waals surface area contributed by atoms with Crippen molar-refractivity contribution in [3.63, 3.8) is 0 Å². The largest absolute Gasteiger partial charge is 0.391 e. The molecule has 0 aromatic rings. The first-order valence-electron chi connectivity index (χ1n) is 5.12. The van der Waals surface area contributed by atoms with Gasteiger partial charge in [0.05, 0.1) is 17.6 Å². The van der Waals surface area contributed by atoms with Gasteiger partial charge in [0.25, 0.3) is 0 Å². The molecule has 1 heterocycles. The topological polar surface area (TPSA) is 91.8 Å². The first-order valence-corrected chi connectivity index (χ1v) is 8.44. The summed E-state index contributed by atoms with van der Waals surface area (Å²) in [6.07, 6.45) is -1.31. The van der Waals surface area contributed by atoms with Crippen molar-refractivity contribution >= 4 is 19.9 Å². The highest BCUT2D eigenvalue weighted by atomic mass is 32.2. The maximum absolute atomic E-state index is 12.0. The Hall–Kier alpha value is -0.180. The van der Waals surface area contributed by atoms with E-state index in [-0.39, 0.29) is 13.1 Å². The van der Waals surface area contributed by atoms with Gasteiger partial charge in [-0.25, -0.2) is 21.1 Å². The number of aliphatic hydroxyl groups is 1. The minimum atomic E-state index is -3.72. The van der Waals surface area contributed by atoms with Crippen LogP contribution in [0.1, 0.15) is 13.8 Å². The molecule has 16 heavy (non-hydrogen) atoms. The molecule has 96 valence electrons. The molecule has 1 fully saturated rings. The van der Waals surface area contributed by atoms with Crippen molar-refractivity contribution in [1.82, 2.24) is 4.31 Å². The Labute approximate surface area is 96.2 Å². The maximum Gasteiger partial charge on any atom is 0.220 e. The Kier molecular flexibility index (Phi) is 3.99. The summed E-state index contributed by atoms with van der Waals surface area (Å²) in [5.41, 5.74) is 0. The highest BCUT2D eigenvalue weighted by molar-refractivity contribution is 7.95. The lowest BCUT2D eigenvalue weighted by Crippen LogP contribution is -2.43. The molecule has 0 bridgehead atoms. The lowest BCUT2D eigenvalue weighted by Gasteiger charge is -2.23. The Morgan fingerprint density at radius 1 is 1.25 bits per heavy atom. The van der Waals surface area contributed by atoms with E-state index in [0.717, 1.165) is 0 Å². The molecule has 0 aliphatic carbocycles. The van der Waals surface area contributed by atoms with Gasteiger partial charge in [0, 0.05) is 13.1 Å². The molecule has 2 atom stereocenters. The Bertz CT molecular complexity index is 437. The van der Waals surface area contributed by atoms with Crippen LogP contribution >= 0.6 is 0 Å². The molecule has 0 aromatic heterocycles. The zero-order chi connectivity index (χ0) is 12.6. The Morgan fingerprint density at radius 3 is 2.06 bits per heavy atom. The summed E-state index contributed by atoms with van der Waals surface area (Å²) >= 11 is 0. The van der Waals surface area contributed by atoms with Gasteiger partial charge in [0.2, 0.25) is 10.0 Å². The van der Waals surface area contributed by atoms with Crippen molar-refractivity contribution in [1.29, 1.82) is 0 Å². The third-order valence-electron chi connectivity index (χ3n) is 2.72. The molecule has 8 heteroatoms. The van der Waals surface area contributed by atoms with E-state index in [4.69, 9.17) is 0 Å². The van der Waals surface area contributed by atoms with E-state index in [0.29, 0.717) is 0 Å². The Balaban J connectivity index is 3.02. The van der Waals surface area contributed by atoms with E-state index in [2.05, 4.69) is 0 Å². The van der Waals surface area contributed by atoms with Crippen LogP contribution < -0.4 is 0 Å². The van der Waals surface area contributed by atoms with Gasteiger partial charge in [0.15, 0.2) is 9.84 Å². The van der Waals surface area contributed by atoms with Crippen molar-refractivity contribution < 1.29 is 21.9 Å². The molecule has 1 N–H and O–H groups in total. The third-order valence-corrected chi connectivity index (χ3v) is 7.13. The average Bonchev–Trinajstić information content (AvgIpc) is 2.42. The number of sulfone groups is 1. The second kappa shape index (κ2) is 4.59. The van der Waals surface area contributed by atoms with Crippen LogP contribution in [-0.2, 0) is 19.9 Å². The van der Waals surface area contributed by atoms with Crippen LogP contribution in [0.5, 0.6) is 0 Å². The van der Waals surface area contributed by atoms with E-state index in [1.807, 2.05) is 0 Å². The van der Waals surface area contributed by atoms with E-state index < -0.39 is 42.7 Å². The van der Waals surface area contributed by atoms with Gasteiger partial charge in [-0.15, -0.1) is 0 Å². The molecule has 0 saturated carbocycles. The first kappa shape index (κ1) is 13.9. The maximum atomic E-state index is 12.0. The summed E-state index contributed by atoms with van der Waals surface area (Å²) < 4.78 is 47.7. The molecule has 1 rings (SSSR count). The molecule has 1 aliphatic rings. The van der Waals surface area contributed by atoms with Crippen LogP contribution in [0.15, 0.2) is 0 Å². The van der Waals surface area contributed by atoms with E-state index in [1.54, 1.807) is 13.8 Å². The zero-order valence-corrected chi connectivity index (χ0v) is 11.0. The number of nitrogens with zero attached hydrogens (tertiary/aromatic N) is 1. The van der Waals surface area contributed by atoms with Gasteiger partial charge in [-0.05, 0) is 0 Å². The predicted molar refractivity (Wildman–Crippen MR) is 60.3 cm³/mol. The minimum absolute atomic E-state index is 0.280. The summed E-state index contributed by atoms with van der Waals surface area (Å²) in [5.74, 6) is -0.939. The van der Waals surface area contributed by atoms with Gasteiger partial charge in [-0.1, -0.05) is 13.8 Å². The summed E-state index contributed by atoms with van der Waals surface area (Å²) in [4.78, 5) is 0. The molecule has 0 radical (unpaired) electrons. The summed E-state index contributed by atoms with van der Waals surface area (Å²) in [7, 11) is -7.15. The van der Waals surface area contributed by atoms with E-state index in [1.165, 1.54) is 4.31 Å². The summed E-state index contributed by atoms with van der Waals surface area (Å²) in [6.45, 7) is 3.91. The van der Waals surface area contributed by atoms with Crippen LogP contribution in [0, 0.1) is 0 Å². The van der Waals surface area contributed by atoms with Crippen LogP contribution in [0.4, 0.5) is 0 Å². The van der Waals surface area contributed by atoms with Gasteiger partial charge >= 0.3 is 0 Å². The van der Waals surface area contributed by atoms with E-state index >= 15 is 0 Å². The molecule has 6 nitrogen and oxygen atoms in total. The van der Waals surface area contributed by atoms with Crippen molar-refractivity contribution in [2.45, 2.75) is 25.2 Å². The second-order valence-electron chi connectivity index (χ2n) is 3.81. The van der Waals surface area contributed by atoms with Crippen molar-refractivity contribution in [3.8, 4) is 0 Å². The van der Waals surface area contributed by atoms with Crippen LogP contribution in [0.2, 0.25) is 0 Å². The number of hydrogen-bond acceptors (Lipinski definition) is 5. The van der Waals surface area contributed by atoms with Crippen LogP contribution in [-0.4, -0.2) is 62.2 Å². The molecule has 1 saturated heterocycles. The summed E-state index contributed by atoms with van der Waals surface area (Å²) in [6, 6.07) is 0. The SMILES string of the molecule is CCN(CC)S(=O)(=O)C1CS(=O)(=O)CC1O. The molecule has 2 unspecified atom stereocenters. The lowest BCUT2D eigenvalue weighted by molar-refractivity contribution is 0.201. The first-order chi connectivity index (χ1) is 7.24. The number of sulfonamides is 1. The van der Waals surface area contributed by atoms with Crippen LogP contribution in [0.25, 0.3) is 0 Å². The highest BCUT2D eigenvalue weighted by Gasteiger charge is 2.46. The fourth-order valence-corrected chi connectivity index (χ4v) is 6.50. The monoisotopic (exact) mass is 271 g/mol. The molecule has 0 aromatic carbocycles. The third kappa shape index (κ3) is 2.55. The Morgan fingerprint density at radius 2 is 1.75 bits per heavy atom. The number of hydrogen-bond donors (Lipinski definition) is 1. The smallest absolute Gasteiger partial charge is 0.220 e. The van der Waals surface area contributed by atoms with Crippen molar-refractivity contribution in [2.75, 3.05) is 24.6 Å². The molecule has 0 amide bonds. The van der Waals surface area contributed by atoms with Gasteiger partial charge in [0.1, 0.15) is 5.25 Å². The van der Waals surface area contributed by atoms with Crippen molar-refractivity contribution in [3.05, 3.63) is 0 Å². The van der Waals surface area contributed by atoms with Crippen LogP contribution in [0.3, 0.4) is 0 Å². The normalized spacial score (nSPS) is 29.8. The fourth-order valence-electron chi connectivity index (χ4n) is 1.86. The molecular formula is C8H17NO5S2. The van der Waals surface area contributed by atoms with Gasteiger partial charge in [-0.3, -0.25) is 0 Å². The van der Waals surface area contributed by atoms with Gasteiger partial charge in [-0.2, -0.15) is 0 Å². The predicted octanol–water partition coefficient (Wildman–Crippen LogP) is -1.18. The lowest BCUT2D eigenvalue weighted by atomic mass is 10.3. The standard InChI is InChI=1S/C8H17NO5S2/c1-3-9(4-2)16(13,14)8-6-15(11,12)5-7(8)10/h7-8,10H,3-6H2,1-2H3. The molecule has 0 spiro atoms. The molecule has 1 aliphatic heterocycles. The second-order valence-corrected chi connectivity index (χ2v) is 8.12. The number of aliphatic hydroxyl groups excluding tert-OH is 1. The summed E-state index contributed by atoms with van der Waals surface area (Å²) in [5, 5.41) is 8.30. The van der Waals surface area contributed by atoms with E-state index in [9.17, 15) is 21.9 Å². The molecular weight excluding hydrogens is 254 g/mol. The minimum Gasteiger partial charge on any atom is -0.391 e. The quantitative estimate of drug-likeness (QED) is 0.694. The fraction of sp³-hybridized carbons (Fsp3) is 1.00. The average molecular weight is 271 g/mol. The number of rotatable bonds is 4. The van der Waals surface area contributed by atoms with Crippen molar-refractivity contribution in [2.24, 2.45) is 0 Å². The zero-order valence-electron chi connectivity index (χ0n) is 9.33. The van der Waals surface area contributed by atoms with Gasteiger partial charge < -0.3 is 5.11 Å².